The van der Waals surface area contributed by atoms with Crippen LogP contribution >= 0.6 is 15.9 Å². The molecule has 0 amide bonds. The van der Waals surface area contributed by atoms with Crippen LogP contribution in [0.25, 0.3) is 45.0 Å². The predicted molar refractivity (Wildman–Crippen MR) is 131 cm³/mol. The van der Waals surface area contributed by atoms with Crippen molar-refractivity contribution in [2.45, 2.75) is 0 Å². The fraction of sp³-hybridized carbons (Fsp3) is 0. The first-order chi connectivity index (χ1) is 15.3. The molecule has 148 valence electrons. The predicted octanol–water partition coefficient (Wildman–Crippen LogP) is 7.91. The summed E-state index contributed by atoms with van der Waals surface area (Å²) in [4.78, 5) is 9.89. The highest BCUT2D eigenvalue weighted by molar-refractivity contribution is 9.10. The number of rotatable bonds is 4. The molecule has 4 aromatic carbocycles. The van der Waals surface area contributed by atoms with E-state index in [1.165, 1.54) is 0 Å². The summed E-state index contributed by atoms with van der Waals surface area (Å²) in [6.07, 6.45) is 0. The minimum atomic E-state index is 0.721. The number of nitrogens with zero attached hydrogens (tertiary/aromatic N) is 2. The van der Waals surface area contributed by atoms with Gasteiger partial charge in [-0.2, -0.15) is 0 Å². The van der Waals surface area contributed by atoms with Crippen molar-refractivity contribution in [3.05, 3.63) is 120 Å². The summed E-state index contributed by atoms with van der Waals surface area (Å²) in [5.41, 5.74) is 7.23. The number of hydrogen-bond acceptors (Lipinski definition) is 2. The summed E-state index contributed by atoms with van der Waals surface area (Å²) in [5.74, 6) is 0.721. The van der Waals surface area contributed by atoms with Crippen LogP contribution in [0, 0.1) is 0 Å². The first-order valence-corrected chi connectivity index (χ1v) is 10.9. The van der Waals surface area contributed by atoms with E-state index in [1.54, 1.807) is 0 Å². The Bertz CT molecular complexity index is 1270. The minimum absolute atomic E-state index is 0.721. The molecule has 0 fully saturated rings. The van der Waals surface area contributed by atoms with Crippen LogP contribution in [-0.4, -0.2) is 9.97 Å². The Kier molecular flexibility index (Phi) is 5.42. The van der Waals surface area contributed by atoms with Gasteiger partial charge < -0.3 is 0 Å². The highest BCUT2D eigenvalue weighted by atomic mass is 79.9. The van der Waals surface area contributed by atoms with E-state index in [0.717, 1.165) is 49.5 Å². The van der Waals surface area contributed by atoms with Crippen molar-refractivity contribution in [2.24, 2.45) is 0 Å². The van der Waals surface area contributed by atoms with Gasteiger partial charge in [0.15, 0.2) is 5.82 Å². The molecule has 0 unspecified atom stereocenters. The summed E-state index contributed by atoms with van der Waals surface area (Å²) in [5, 5.41) is 0. The third kappa shape index (κ3) is 4.05. The Hall–Kier alpha value is -3.56. The molecule has 0 N–H and O–H groups in total. The number of halogens is 1. The monoisotopic (exact) mass is 462 g/mol. The summed E-state index contributed by atoms with van der Waals surface area (Å²) in [6.45, 7) is 0. The lowest BCUT2D eigenvalue weighted by Crippen LogP contribution is -1.97. The zero-order valence-corrected chi connectivity index (χ0v) is 18.3. The Morgan fingerprint density at radius 2 is 0.968 bits per heavy atom. The smallest absolute Gasteiger partial charge is 0.160 e. The van der Waals surface area contributed by atoms with Crippen LogP contribution in [0.15, 0.2) is 120 Å². The molecule has 0 bridgehead atoms. The van der Waals surface area contributed by atoms with Gasteiger partial charge in [-0.3, -0.25) is 0 Å². The highest BCUT2D eigenvalue weighted by Crippen LogP contribution is 2.37. The summed E-state index contributed by atoms with van der Waals surface area (Å²) >= 11 is 3.71. The lowest BCUT2D eigenvalue weighted by atomic mass is 9.96. The summed E-state index contributed by atoms with van der Waals surface area (Å²) in [7, 11) is 0. The SMILES string of the molecule is Brc1ccccc1-c1ccccc1-c1cc(-c2ccccc2)nc(-c2ccccc2)n1. The van der Waals surface area contributed by atoms with Crippen LogP contribution < -0.4 is 0 Å². The molecule has 0 spiro atoms. The lowest BCUT2D eigenvalue weighted by molar-refractivity contribution is 1.18. The molecular weight excluding hydrogens is 444 g/mol. The van der Waals surface area contributed by atoms with E-state index in [9.17, 15) is 0 Å². The van der Waals surface area contributed by atoms with E-state index in [4.69, 9.17) is 9.97 Å². The standard InChI is InChI=1S/C28H19BrN2/c29-25-18-10-9-16-23(25)22-15-7-8-17-24(22)27-19-26(20-11-3-1-4-12-20)30-28(31-27)21-13-5-2-6-14-21/h1-19H. The molecule has 0 aliphatic carbocycles. The molecule has 1 aromatic heterocycles. The van der Waals surface area contributed by atoms with Crippen LogP contribution in [0.4, 0.5) is 0 Å². The Balaban J connectivity index is 1.75. The average molecular weight is 463 g/mol. The van der Waals surface area contributed by atoms with Crippen molar-refractivity contribution in [3.63, 3.8) is 0 Å². The lowest BCUT2D eigenvalue weighted by Gasteiger charge is -2.13. The van der Waals surface area contributed by atoms with E-state index in [1.807, 2.05) is 54.6 Å². The minimum Gasteiger partial charge on any atom is -0.228 e. The molecule has 5 rings (SSSR count). The van der Waals surface area contributed by atoms with Gasteiger partial charge in [0.05, 0.1) is 11.4 Å². The molecule has 3 heteroatoms. The van der Waals surface area contributed by atoms with Crippen LogP contribution in [0.1, 0.15) is 0 Å². The van der Waals surface area contributed by atoms with Crippen molar-refractivity contribution in [1.29, 1.82) is 0 Å². The maximum absolute atomic E-state index is 4.99. The van der Waals surface area contributed by atoms with E-state index >= 15 is 0 Å². The van der Waals surface area contributed by atoms with E-state index in [0.29, 0.717) is 0 Å². The normalized spacial score (nSPS) is 10.7. The molecule has 0 aliphatic rings. The molecule has 0 atom stereocenters. The average Bonchev–Trinajstić information content (AvgIpc) is 2.85. The van der Waals surface area contributed by atoms with Crippen LogP contribution in [0.2, 0.25) is 0 Å². The molecular formula is C28H19BrN2. The molecule has 31 heavy (non-hydrogen) atoms. The van der Waals surface area contributed by atoms with Gasteiger partial charge in [-0.25, -0.2) is 9.97 Å². The van der Waals surface area contributed by atoms with Crippen molar-refractivity contribution in [3.8, 4) is 45.0 Å². The fourth-order valence-corrected chi connectivity index (χ4v) is 4.18. The van der Waals surface area contributed by atoms with Crippen molar-refractivity contribution >= 4 is 15.9 Å². The van der Waals surface area contributed by atoms with Gasteiger partial charge in [0.2, 0.25) is 0 Å². The molecule has 0 saturated heterocycles. The van der Waals surface area contributed by atoms with Crippen molar-refractivity contribution in [2.75, 3.05) is 0 Å². The first kappa shape index (κ1) is 19.4. The highest BCUT2D eigenvalue weighted by Gasteiger charge is 2.14. The zero-order chi connectivity index (χ0) is 21.0. The van der Waals surface area contributed by atoms with E-state index in [-0.39, 0.29) is 0 Å². The number of benzene rings is 4. The van der Waals surface area contributed by atoms with Gasteiger partial charge in [0.25, 0.3) is 0 Å². The second-order valence-corrected chi connectivity index (χ2v) is 8.07. The third-order valence-electron chi connectivity index (χ3n) is 5.19. The van der Waals surface area contributed by atoms with Gasteiger partial charge in [0.1, 0.15) is 0 Å². The first-order valence-electron chi connectivity index (χ1n) is 10.1. The largest absolute Gasteiger partial charge is 0.228 e. The molecule has 0 aliphatic heterocycles. The van der Waals surface area contributed by atoms with Crippen LogP contribution in [0.3, 0.4) is 0 Å². The van der Waals surface area contributed by atoms with Gasteiger partial charge in [0, 0.05) is 21.2 Å². The van der Waals surface area contributed by atoms with Crippen molar-refractivity contribution in [1.82, 2.24) is 9.97 Å². The maximum Gasteiger partial charge on any atom is 0.160 e. The van der Waals surface area contributed by atoms with Gasteiger partial charge in [-0.15, -0.1) is 0 Å². The van der Waals surface area contributed by atoms with Gasteiger partial charge >= 0.3 is 0 Å². The van der Waals surface area contributed by atoms with E-state index < -0.39 is 0 Å². The fourth-order valence-electron chi connectivity index (χ4n) is 3.68. The summed E-state index contributed by atoms with van der Waals surface area (Å²) < 4.78 is 1.06. The topological polar surface area (TPSA) is 25.8 Å². The third-order valence-corrected chi connectivity index (χ3v) is 5.89. The quantitative estimate of drug-likeness (QED) is 0.271. The second-order valence-electron chi connectivity index (χ2n) is 7.22. The Labute approximate surface area is 190 Å². The van der Waals surface area contributed by atoms with Crippen LogP contribution in [0.5, 0.6) is 0 Å². The van der Waals surface area contributed by atoms with Gasteiger partial charge in [-0.1, -0.05) is 119 Å². The number of aromatic nitrogens is 2. The van der Waals surface area contributed by atoms with E-state index in [2.05, 4.69) is 76.6 Å². The second kappa shape index (κ2) is 8.66. The number of hydrogen-bond donors (Lipinski definition) is 0. The van der Waals surface area contributed by atoms with Crippen molar-refractivity contribution < 1.29 is 0 Å². The molecule has 2 nitrogen and oxygen atoms in total. The molecule has 0 radical (unpaired) electrons. The molecule has 1 heterocycles. The van der Waals surface area contributed by atoms with Gasteiger partial charge in [-0.05, 0) is 23.3 Å². The van der Waals surface area contributed by atoms with Crippen LogP contribution in [-0.2, 0) is 0 Å². The zero-order valence-electron chi connectivity index (χ0n) is 16.7. The molecule has 5 aromatic rings. The maximum atomic E-state index is 4.99. The summed E-state index contributed by atoms with van der Waals surface area (Å²) in [6, 6.07) is 39.1. The Morgan fingerprint density at radius 1 is 0.452 bits per heavy atom. The molecule has 0 saturated carbocycles. The Morgan fingerprint density at radius 3 is 1.65 bits per heavy atom.